The summed E-state index contributed by atoms with van der Waals surface area (Å²) in [6.07, 6.45) is 3.31. The third kappa shape index (κ3) is 3.73. The zero-order valence-corrected chi connectivity index (χ0v) is 12.0. The zero-order chi connectivity index (χ0) is 14.4. The first-order valence-electron chi connectivity index (χ1n) is 7.36. The van der Waals surface area contributed by atoms with Crippen LogP contribution in [0.2, 0.25) is 0 Å². The van der Waals surface area contributed by atoms with E-state index in [0.717, 1.165) is 25.0 Å². The molecule has 0 saturated heterocycles. The van der Waals surface area contributed by atoms with Crippen molar-refractivity contribution in [1.29, 1.82) is 0 Å². The molecule has 1 aromatic rings. The van der Waals surface area contributed by atoms with Crippen molar-refractivity contribution >= 4 is 5.91 Å². The fraction of sp³-hybridized carbons (Fsp3) is 0.562. The molecule has 1 aliphatic carbocycles. The van der Waals surface area contributed by atoms with E-state index in [1.54, 1.807) is 12.1 Å². The number of rotatable bonds is 6. The van der Waals surface area contributed by atoms with Crippen LogP contribution in [0.15, 0.2) is 24.3 Å². The Morgan fingerprint density at radius 2 is 2.00 bits per heavy atom. The molecule has 0 bridgehead atoms. The van der Waals surface area contributed by atoms with Crippen LogP contribution in [0.5, 0.6) is 5.75 Å². The molecule has 2 N–H and O–H groups in total. The molecule has 0 aliphatic heterocycles. The lowest BCUT2D eigenvalue weighted by atomic mass is 9.97. The van der Waals surface area contributed by atoms with Gasteiger partial charge in [0.1, 0.15) is 5.75 Å². The summed E-state index contributed by atoms with van der Waals surface area (Å²) in [6.45, 7) is 3.43. The molecule has 4 heteroatoms. The van der Waals surface area contributed by atoms with Crippen LogP contribution < -0.4 is 10.1 Å². The van der Waals surface area contributed by atoms with Crippen molar-refractivity contribution in [2.24, 2.45) is 11.8 Å². The number of benzene rings is 1. The maximum Gasteiger partial charge on any atom is 0.251 e. The number of hydrogen-bond donors (Lipinski definition) is 2. The molecule has 2 unspecified atom stereocenters. The summed E-state index contributed by atoms with van der Waals surface area (Å²) in [7, 11) is 0. The van der Waals surface area contributed by atoms with Crippen molar-refractivity contribution in [3.05, 3.63) is 29.8 Å². The number of carbonyl (C=O) groups is 1. The van der Waals surface area contributed by atoms with E-state index in [1.165, 1.54) is 0 Å². The van der Waals surface area contributed by atoms with Gasteiger partial charge in [0.15, 0.2) is 0 Å². The summed E-state index contributed by atoms with van der Waals surface area (Å²) in [5.74, 6) is 1.47. The number of aliphatic hydroxyl groups excluding tert-OH is 1. The minimum atomic E-state index is -0.0587. The molecule has 0 aromatic heterocycles. The van der Waals surface area contributed by atoms with Gasteiger partial charge in [-0.25, -0.2) is 0 Å². The van der Waals surface area contributed by atoms with E-state index in [0.29, 0.717) is 30.6 Å². The summed E-state index contributed by atoms with van der Waals surface area (Å²) < 4.78 is 5.35. The van der Waals surface area contributed by atoms with E-state index in [-0.39, 0.29) is 12.5 Å². The van der Waals surface area contributed by atoms with Gasteiger partial charge in [0.05, 0.1) is 6.61 Å². The van der Waals surface area contributed by atoms with E-state index >= 15 is 0 Å². The fourth-order valence-corrected chi connectivity index (χ4v) is 2.82. The van der Waals surface area contributed by atoms with Gasteiger partial charge in [-0.05, 0) is 55.9 Å². The Hall–Kier alpha value is -1.55. The van der Waals surface area contributed by atoms with Gasteiger partial charge >= 0.3 is 0 Å². The van der Waals surface area contributed by atoms with Crippen LogP contribution in [0.25, 0.3) is 0 Å². The number of aliphatic hydroxyl groups is 1. The molecule has 1 amide bonds. The third-order valence-electron chi connectivity index (χ3n) is 4.00. The Bertz CT molecular complexity index is 430. The van der Waals surface area contributed by atoms with Crippen LogP contribution in [-0.4, -0.2) is 30.8 Å². The lowest BCUT2D eigenvalue weighted by Crippen LogP contribution is -2.31. The van der Waals surface area contributed by atoms with Crippen molar-refractivity contribution in [3.63, 3.8) is 0 Å². The van der Waals surface area contributed by atoms with Crippen LogP contribution in [0, 0.1) is 11.8 Å². The van der Waals surface area contributed by atoms with Gasteiger partial charge in [-0.15, -0.1) is 0 Å². The largest absolute Gasteiger partial charge is 0.494 e. The van der Waals surface area contributed by atoms with Gasteiger partial charge in [0.25, 0.3) is 5.91 Å². The van der Waals surface area contributed by atoms with Gasteiger partial charge < -0.3 is 15.2 Å². The second-order valence-electron chi connectivity index (χ2n) is 5.30. The minimum Gasteiger partial charge on any atom is -0.494 e. The lowest BCUT2D eigenvalue weighted by molar-refractivity contribution is 0.0937. The highest BCUT2D eigenvalue weighted by atomic mass is 16.5. The van der Waals surface area contributed by atoms with E-state index in [9.17, 15) is 9.90 Å². The molecule has 2 rings (SSSR count). The maximum absolute atomic E-state index is 12.1. The van der Waals surface area contributed by atoms with Crippen LogP contribution in [0.3, 0.4) is 0 Å². The predicted octanol–water partition coefficient (Wildman–Crippen LogP) is 2.22. The highest BCUT2D eigenvalue weighted by Crippen LogP contribution is 2.30. The standard InChI is InChI=1S/C16H23NO3/c1-2-20-15-8-6-12(7-9-15)16(19)17-10-13-4-3-5-14(13)11-18/h6-9,13-14,18H,2-5,10-11H2,1H3,(H,17,19). The average molecular weight is 277 g/mol. The lowest BCUT2D eigenvalue weighted by Gasteiger charge is -2.17. The van der Waals surface area contributed by atoms with E-state index in [2.05, 4.69) is 5.32 Å². The summed E-state index contributed by atoms with van der Waals surface area (Å²) in [5, 5.41) is 12.2. The second kappa shape index (κ2) is 7.29. The van der Waals surface area contributed by atoms with Gasteiger partial charge in [0, 0.05) is 18.7 Å². The minimum absolute atomic E-state index is 0.0587. The third-order valence-corrected chi connectivity index (χ3v) is 4.00. The highest BCUT2D eigenvalue weighted by Gasteiger charge is 2.26. The molecule has 1 aliphatic rings. The maximum atomic E-state index is 12.1. The molecular formula is C16H23NO3. The molecule has 2 atom stereocenters. The molecule has 0 heterocycles. The SMILES string of the molecule is CCOc1ccc(C(=O)NCC2CCCC2CO)cc1. The van der Waals surface area contributed by atoms with E-state index in [1.807, 2.05) is 19.1 Å². The molecule has 0 radical (unpaired) electrons. The van der Waals surface area contributed by atoms with Gasteiger partial charge in [-0.3, -0.25) is 4.79 Å². The van der Waals surface area contributed by atoms with Crippen molar-refractivity contribution in [3.8, 4) is 5.75 Å². The summed E-state index contributed by atoms with van der Waals surface area (Å²) in [6, 6.07) is 7.17. The van der Waals surface area contributed by atoms with Crippen molar-refractivity contribution < 1.29 is 14.6 Å². The fourth-order valence-electron chi connectivity index (χ4n) is 2.82. The molecule has 110 valence electrons. The van der Waals surface area contributed by atoms with Crippen LogP contribution in [0.4, 0.5) is 0 Å². The number of nitrogens with one attached hydrogen (secondary N) is 1. The quantitative estimate of drug-likeness (QED) is 0.838. The second-order valence-corrected chi connectivity index (χ2v) is 5.30. The summed E-state index contributed by atoms with van der Waals surface area (Å²) in [4.78, 5) is 12.1. The van der Waals surface area contributed by atoms with Crippen molar-refractivity contribution in [2.75, 3.05) is 19.8 Å². The first-order chi connectivity index (χ1) is 9.74. The monoisotopic (exact) mass is 277 g/mol. The first-order valence-corrected chi connectivity index (χ1v) is 7.36. The Morgan fingerprint density at radius 1 is 1.30 bits per heavy atom. The Balaban J connectivity index is 1.85. The zero-order valence-electron chi connectivity index (χ0n) is 12.0. The summed E-state index contributed by atoms with van der Waals surface area (Å²) >= 11 is 0. The smallest absolute Gasteiger partial charge is 0.251 e. The van der Waals surface area contributed by atoms with Crippen LogP contribution in [0.1, 0.15) is 36.5 Å². The number of amides is 1. The highest BCUT2D eigenvalue weighted by molar-refractivity contribution is 5.94. The average Bonchev–Trinajstić information content (AvgIpc) is 2.93. The molecule has 20 heavy (non-hydrogen) atoms. The normalized spacial score (nSPS) is 21.7. The van der Waals surface area contributed by atoms with Crippen molar-refractivity contribution in [1.82, 2.24) is 5.32 Å². The van der Waals surface area contributed by atoms with E-state index in [4.69, 9.17) is 4.74 Å². The van der Waals surface area contributed by atoms with Crippen LogP contribution >= 0.6 is 0 Å². The predicted molar refractivity (Wildman–Crippen MR) is 77.9 cm³/mol. The molecule has 0 spiro atoms. The molecule has 1 fully saturated rings. The molecule has 1 saturated carbocycles. The van der Waals surface area contributed by atoms with E-state index < -0.39 is 0 Å². The van der Waals surface area contributed by atoms with Crippen LogP contribution in [-0.2, 0) is 0 Å². The topological polar surface area (TPSA) is 58.6 Å². The molecule has 4 nitrogen and oxygen atoms in total. The van der Waals surface area contributed by atoms with Gasteiger partial charge in [-0.2, -0.15) is 0 Å². The van der Waals surface area contributed by atoms with Gasteiger partial charge in [-0.1, -0.05) is 6.42 Å². The van der Waals surface area contributed by atoms with Gasteiger partial charge in [0.2, 0.25) is 0 Å². The number of ether oxygens (including phenoxy) is 1. The molecular weight excluding hydrogens is 254 g/mol. The molecule has 1 aromatic carbocycles. The summed E-state index contributed by atoms with van der Waals surface area (Å²) in [5.41, 5.74) is 0.645. The Kier molecular flexibility index (Phi) is 5.41. The Labute approximate surface area is 120 Å². The number of hydrogen-bond acceptors (Lipinski definition) is 3. The van der Waals surface area contributed by atoms with Crippen molar-refractivity contribution in [2.45, 2.75) is 26.2 Å². The Morgan fingerprint density at radius 3 is 2.65 bits per heavy atom. The number of carbonyl (C=O) groups excluding carboxylic acids is 1. The first kappa shape index (κ1) is 14.9.